The Hall–Kier alpha value is -0.740. The van der Waals surface area contributed by atoms with Crippen LogP contribution in [0.3, 0.4) is 0 Å². The number of phenolic OH excluding ortho intramolecular Hbond substituents is 1. The number of hydrogen-bond donors (Lipinski definition) is 2. The van der Waals surface area contributed by atoms with Gasteiger partial charge >= 0.3 is 0 Å². The summed E-state index contributed by atoms with van der Waals surface area (Å²) in [7, 11) is 3.38. The van der Waals surface area contributed by atoms with E-state index in [-0.39, 0.29) is 5.75 Å². The molecule has 0 unspecified atom stereocenters. The first-order valence-electron chi connectivity index (χ1n) is 4.31. The molecule has 0 amide bonds. The Morgan fingerprint density at radius 1 is 1.57 bits per heavy atom. The molecule has 0 heterocycles. The number of hydrogen-bond acceptors (Lipinski definition) is 3. The number of benzene rings is 1. The van der Waals surface area contributed by atoms with E-state index in [1.165, 1.54) is 0 Å². The second kappa shape index (κ2) is 4.66. The van der Waals surface area contributed by atoms with Gasteiger partial charge in [0, 0.05) is 16.6 Å². The van der Waals surface area contributed by atoms with Crippen LogP contribution in [0.15, 0.2) is 10.5 Å². The summed E-state index contributed by atoms with van der Waals surface area (Å²) in [5, 5.41) is 12.8. The number of methoxy groups -OCH3 is 1. The number of halogens is 1. The van der Waals surface area contributed by atoms with Crippen LogP contribution in [0.1, 0.15) is 11.1 Å². The quantitative estimate of drug-likeness (QED) is 0.875. The van der Waals surface area contributed by atoms with Gasteiger partial charge in [-0.1, -0.05) is 15.9 Å². The standard InChI is InChI=1S/C10H14BrNO2/c1-6-7(5-12-2)10(13)9(14-3)4-8(6)11/h4,12-13H,5H2,1-3H3. The predicted octanol–water partition coefficient (Wildman–Crippen LogP) is 2.19. The van der Waals surface area contributed by atoms with Crippen LogP contribution in [0, 0.1) is 6.92 Å². The number of ether oxygens (including phenoxy) is 1. The zero-order valence-electron chi connectivity index (χ0n) is 8.52. The summed E-state index contributed by atoms with van der Waals surface area (Å²) in [6.45, 7) is 2.57. The fourth-order valence-electron chi connectivity index (χ4n) is 1.31. The summed E-state index contributed by atoms with van der Waals surface area (Å²) < 4.78 is 6.00. The molecule has 2 N–H and O–H groups in total. The molecule has 14 heavy (non-hydrogen) atoms. The van der Waals surface area contributed by atoms with Crippen LogP contribution in [0.2, 0.25) is 0 Å². The van der Waals surface area contributed by atoms with E-state index < -0.39 is 0 Å². The van der Waals surface area contributed by atoms with Gasteiger partial charge in [-0.05, 0) is 25.6 Å². The minimum atomic E-state index is 0.211. The van der Waals surface area contributed by atoms with Crippen LogP contribution in [-0.2, 0) is 6.54 Å². The summed E-state index contributed by atoms with van der Waals surface area (Å²) in [6, 6.07) is 1.77. The van der Waals surface area contributed by atoms with Crippen LogP contribution in [0.25, 0.3) is 0 Å². The monoisotopic (exact) mass is 259 g/mol. The van der Waals surface area contributed by atoms with Gasteiger partial charge in [-0.15, -0.1) is 0 Å². The minimum absolute atomic E-state index is 0.211. The third-order valence-corrected chi connectivity index (χ3v) is 2.99. The Labute approximate surface area is 92.2 Å². The van der Waals surface area contributed by atoms with Crippen molar-refractivity contribution in [1.82, 2.24) is 5.32 Å². The number of phenols is 1. The summed E-state index contributed by atoms with van der Waals surface area (Å²) in [5.74, 6) is 0.704. The van der Waals surface area contributed by atoms with Crippen molar-refractivity contribution in [1.29, 1.82) is 0 Å². The zero-order valence-corrected chi connectivity index (χ0v) is 10.1. The van der Waals surface area contributed by atoms with Crippen molar-refractivity contribution >= 4 is 15.9 Å². The van der Waals surface area contributed by atoms with Crippen LogP contribution < -0.4 is 10.1 Å². The molecule has 4 heteroatoms. The molecule has 0 bridgehead atoms. The normalized spacial score (nSPS) is 10.3. The van der Waals surface area contributed by atoms with Crippen LogP contribution in [0.5, 0.6) is 11.5 Å². The summed E-state index contributed by atoms with van der Waals surface area (Å²) in [4.78, 5) is 0. The van der Waals surface area contributed by atoms with Gasteiger partial charge in [-0.2, -0.15) is 0 Å². The lowest BCUT2D eigenvalue weighted by atomic mass is 10.1. The van der Waals surface area contributed by atoms with E-state index in [1.807, 2.05) is 14.0 Å². The second-order valence-electron chi connectivity index (χ2n) is 3.04. The second-order valence-corrected chi connectivity index (χ2v) is 3.90. The molecule has 1 aromatic rings. The molecule has 0 spiro atoms. The molecular weight excluding hydrogens is 246 g/mol. The summed E-state index contributed by atoms with van der Waals surface area (Å²) >= 11 is 3.42. The first-order valence-corrected chi connectivity index (χ1v) is 5.10. The first-order chi connectivity index (χ1) is 6.61. The van der Waals surface area contributed by atoms with Gasteiger partial charge in [0.15, 0.2) is 11.5 Å². The molecule has 0 saturated carbocycles. The molecule has 0 saturated heterocycles. The van der Waals surface area contributed by atoms with Gasteiger partial charge in [0.05, 0.1) is 7.11 Å². The van der Waals surface area contributed by atoms with Gasteiger partial charge in [-0.25, -0.2) is 0 Å². The van der Waals surface area contributed by atoms with Gasteiger partial charge in [0.1, 0.15) is 0 Å². The Morgan fingerprint density at radius 3 is 2.71 bits per heavy atom. The first kappa shape index (κ1) is 11.3. The van der Waals surface area contributed by atoms with E-state index in [0.29, 0.717) is 12.3 Å². The molecule has 0 aromatic heterocycles. The molecule has 0 aliphatic heterocycles. The molecule has 0 aliphatic rings. The van der Waals surface area contributed by atoms with Gasteiger partial charge in [0.25, 0.3) is 0 Å². The van der Waals surface area contributed by atoms with E-state index in [4.69, 9.17) is 4.74 Å². The maximum atomic E-state index is 9.84. The highest BCUT2D eigenvalue weighted by molar-refractivity contribution is 9.10. The lowest BCUT2D eigenvalue weighted by Gasteiger charge is -2.13. The van der Waals surface area contributed by atoms with Gasteiger partial charge in [-0.3, -0.25) is 0 Å². The Kier molecular flexibility index (Phi) is 3.77. The van der Waals surface area contributed by atoms with Crippen LogP contribution in [0.4, 0.5) is 0 Å². The number of nitrogens with one attached hydrogen (secondary N) is 1. The molecule has 3 nitrogen and oxygen atoms in total. The van der Waals surface area contributed by atoms with Gasteiger partial charge in [0.2, 0.25) is 0 Å². The van der Waals surface area contributed by atoms with Crippen LogP contribution in [-0.4, -0.2) is 19.3 Å². The lowest BCUT2D eigenvalue weighted by Crippen LogP contribution is -2.07. The number of rotatable bonds is 3. The average Bonchev–Trinajstić information content (AvgIpc) is 2.18. The van der Waals surface area contributed by atoms with Gasteiger partial charge < -0.3 is 15.2 Å². The minimum Gasteiger partial charge on any atom is -0.504 e. The summed E-state index contributed by atoms with van der Waals surface area (Å²) in [5.41, 5.74) is 1.89. The molecule has 0 atom stereocenters. The number of aromatic hydroxyl groups is 1. The highest BCUT2D eigenvalue weighted by Gasteiger charge is 2.13. The maximum absolute atomic E-state index is 9.84. The lowest BCUT2D eigenvalue weighted by molar-refractivity contribution is 0.369. The fraction of sp³-hybridized carbons (Fsp3) is 0.400. The van der Waals surface area contributed by atoms with E-state index >= 15 is 0 Å². The SMILES string of the molecule is CNCc1c(C)c(Br)cc(OC)c1O. The topological polar surface area (TPSA) is 41.5 Å². The van der Waals surface area contributed by atoms with E-state index in [9.17, 15) is 5.11 Å². The van der Waals surface area contributed by atoms with Crippen molar-refractivity contribution in [3.63, 3.8) is 0 Å². The zero-order chi connectivity index (χ0) is 10.7. The Balaban J connectivity index is 3.29. The fourth-order valence-corrected chi connectivity index (χ4v) is 1.76. The highest BCUT2D eigenvalue weighted by atomic mass is 79.9. The molecular formula is C10H14BrNO2. The smallest absolute Gasteiger partial charge is 0.162 e. The third-order valence-electron chi connectivity index (χ3n) is 2.16. The molecule has 78 valence electrons. The Morgan fingerprint density at radius 2 is 2.21 bits per heavy atom. The highest BCUT2D eigenvalue weighted by Crippen LogP contribution is 2.36. The van der Waals surface area contributed by atoms with Crippen molar-refractivity contribution in [3.05, 3.63) is 21.7 Å². The van der Waals surface area contributed by atoms with Crippen molar-refractivity contribution < 1.29 is 9.84 Å². The average molecular weight is 260 g/mol. The van der Waals surface area contributed by atoms with Crippen molar-refractivity contribution in [3.8, 4) is 11.5 Å². The van der Waals surface area contributed by atoms with Crippen molar-refractivity contribution in [2.75, 3.05) is 14.2 Å². The van der Waals surface area contributed by atoms with Crippen molar-refractivity contribution in [2.45, 2.75) is 13.5 Å². The van der Waals surface area contributed by atoms with E-state index in [1.54, 1.807) is 13.2 Å². The van der Waals surface area contributed by atoms with Crippen LogP contribution >= 0.6 is 15.9 Å². The van der Waals surface area contributed by atoms with E-state index in [2.05, 4.69) is 21.2 Å². The third kappa shape index (κ3) is 2.01. The predicted molar refractivity (Wildman–Crippen MR) is 59.9 cm³/mol. The largest absolute Gasteiger partial charge is 0.504 e. The Bertz CT molecular complexity index is 339. The summed E-state index contributed by atoms with van der Waals surface area (Å²) in [6.07, 6.45) is 0. The molecule has 0 aliphatic carbocycles. The molecule has 1 rings (SSSR count). The van der Waals surface area contributed by atoms with E-state index in [0.717, 1.165) is 15.6 Å². The molecule has 0 radical (unpaired) electrons. The maximum Gasteiger partial charge on any atom is 0.162 e. The molecule has 0 fully saturated rings. The molecule has 1 aromatic carbocycles. The van der Waals surface area contributed by atoms with Crippen molar-refractivity contribution in [2.24, 2.45) is 0 Å².